The van der Waals surface area contributed by atoms with E-state index in [0.29, 0.717) is 13.2 Å². The predicted molar refractivity (Wildman–Crippen MR) is 69.6 cm³/mol. The zero-order valence-corrected chi connectivity index (χ0v) is 11.5. The van der Waals surface area contributed by atoms with Crippen molar-refractivity contribution in [2.24, 2.45) is 5.41 Å². The molecular weight excluding hydrogens is 230 g/mol. The second-order valence-electron chi connectivity index (χ2n) is 5.91. The average Bonchev–Trinajstić information content (AvgIpc) is 2.70. The maximum Gasteiger partial charge on any atom is 0.324 e. The highest BCUT2D eigenvalue weighted by atomic mass is 16.5. The van der Waals surface area contributed by atoms with Crippen LogP contribution in [0.2, 0.25) is 0 Å². The van der Waals surface area contributed by atoms with Gasteiger partial charge in [0, 0.05) is 24.7 Å². The lowest BCUT2D eigenvalue weighted by atomic mass is 9.66. The predicted octanol–water partition coefficient (Wildman–Crippen LogP) is 2.18. The molecule has 0 aromatic heterocycles. The van der Waals surface area contributed by atoms with Gasteiger partial charge in [-0.15, -0.1) is 0 Å². The Balaban J connectivity index is 2.29. The Morgan fingerprint density at radius 3 is 2.56 bits per heavy atom. The SMILES string of the molecule is CCC(C)NC1(C(=O)O)CCCC12CCOCC2. The summed E-state index contributed by atoms with van der Waals surface area (Å²) in [5.74, 6) is -0.665. The molecule has 1 saturated carbocycles. The minimum absolute atomic E-state index is 0.0967. The van der Waals surface area contributed by atoms with Gasteiger partial charge in [0.1, 0.15) is 5.54 Å². The molecule has 2 rings (SSSR count). The van der Waals surface area contributed by atoms with E-state index in [4.69, 9.17) is 4.74 Å². The summed E-state index contributed by atoms with van der Waals surface area (Å²) in [6.07, 6.45) is 5.50. The number of carboxylic acid groups (broad SMARTS) is 1. The number of rotatable bonds is 4. The maximum absolute atomic E-state index is 11.9. The molecule has 1 aliphatic heterocycles. The molecule has 104 valence electrons. The number of carbonyl (C=O) groups is 1. The minimum atomic E-state index is -0.730. The van der Waals surface area contributed by atoms with Crippen molar-refractivity contribution >= 4 is 5.97 Å². The Kier molecular flexibility index (Phi) is 3.97. The molecule has 0 bridgehead atoms. The van der Waals surface area contributed by atoms with Gasteiger partial charge in [-0.25, -0.2) is 0 Å². The van der Waals surface area contributed by atoms with E-state index in [2.05, 4.69) is 19.2 Å². The van der Waals surface area contributed by atoms with Gasteiger partial charge >= 0.3 is 5.97 Å². The smallest absolute Gasteiger partial charge is 0.324 e. The van der Waals surface area contributed by atoms with E-state index in [1.807, 2.05) is 0 Å². The molecule has 2 N–H and O–H groups in total. The fraction of sp³-hybridized carbons (Fsp3) is 0.929. The molecule has 18 heavy (non-hydrogen) atoms. The molecular formula is C14H25NO3. The lowest BCUT2D eigenvalue weighted by Crippen LogP contribution is -2.64. The van der Waals surface area contributed by atoms with Crippen molar-refractivity contribution in [3.05, 3.63) is 0 Å². The monoisotopic (exact) mass is 255 g/mol. The van der Waals surface area contributed by atoms with Crippen LogP contribution in [0.25, 0.3) is 0 Å². The summed E-state index contributed by atoms with van der Waals surface area (Å²) in [6.45, 7) is 5.59. The number of nitrogens with one attached hydrogen (secondary N) is 1. The molecule has 1 spiro atoms. The number of carboxylic acids is 1. The second-order valence-corrected chi connectivity index (χ2v) is 5.91. The number of hydrogen-bond donors (Lipinski definition) is 2. The maximum atomic E-state index is 11.9. The topological polar surface area (TPSA) is 58.6 Å². The van der Waals surface area contributed by atoms with Crippen LogP contribution in [0.15, 0.2) is 0 Å². The molecule has 1 heterocycles. The molecule has 0 radical (unpaired) electrons. The van der Waals surface area contributed by atoms with Crippen LogP contribution in [0.3, 0.4) is 0 Å². The number of aliphatic carboxylic acids is 1. The average molecular weight is 255 g/mol. The summed E-state index contributed by atoms with van der Waals surface area (Å²) in [6, 6.07) is 0.249. The van der Waals surface area contributed by atoms with Crippen molar-refractivity contribution in [1.82, 2.24) is 5.32 Å². The molecule has 0 amide bonds. The highest BCUT2D eigenvalue weighted by molar-refractivity contribution is 5.81. The zero-order valence-electron chi connectivity index (χ0n) is 11.5. The number of ether oxygens (including phenoxy) is 1. The Labute approximate surface area is 109 Å². The van der Waals surface area contributed by atoms with Crippen LogP contribution in [-0.4, -0.2) is 35.9 Å². The molecule has 2 aliphatic rings. The Morgan fingerprint density at radius 2 is 2.00 bits per heavy atom. The van der Waals surface area contributed by atoms with Crippen LogP contribution < -0.4 is 5.32 Å². The lowest BCUT2D eigenvalue weighted by Gasteiger charge is -2.47. The van der Waals surface area contributed by atoms with Crippen molar-refractivity contribution in [3.8, 4) is 0 Å². The normalized spacial score (nSPS) is 32.6. The summed E-state index contributed by atoms with van der Waals surface area (Å²) in [7, 11) is 0. The first kappa shape index (κ1) is 13.8. The van der Waals surface area contributed by atoms with Crippen molar-refractivity contribution in [1.29, 1.82) is 0 Å². The standard InChI is InChI=1S/C14H25NO3/c1-3-11(2)15-14(12(16)17)6-4-5-13(14)7-9-18-10-8-13/h11,15H,3-10H2,1-2H3,(H,16,17). The van der Waals surface area contributed by atoms with Gasteiger partial charge in [0.15, 0.2) is 0 Å². The quantitative estimate of drug-likeness (QED) is 0.808. The molecule has 1 aliphatic carbocycles. The van der Waals surface area contributed by atoms with E-state index in [9.17, 15) is 9.90 Å². The Hall–Kier alpha value is -0.610. The molecule has 0 aromatic rings. The van der Waals surface area contributed by atoms with Gasteiger partial charge in [0.2, 0.25) is 0 Å². The van der Waals surface area contributed by atoms with E-state index in [1.165, 1.54) is 0 Å². The third kappa shape index (κ3) is 2.05. The van der Waals surface area contributed by atoms with Crippen LogP contribution >= 0.6 is 0 Å². The lowest BCUT2D eigenvalue weighted by molar-refractivity contribution is -0.154. The second kappa shape index (κ2) is 5.17. The summed E-state index contributed by atoms with van der Waals surface area (Å²) >= 11 is 0. The molecule has 2 fully saturated rings. The first-order valence-corrected chi connectivity index (χ1v) is 7.15. The van der Waals surface area contributed by atoms with Crippen LogP contribution in [0.5, 0.6) is 0 Å². The fourth-order valence-corrected chi connectivity index (χ4v) is 3.75. The first-order valence-electron chi connectivity index (χ1n) is 7.15. The minimum Gasteiger partial charge on any atom is -0.480 e. The first-order chi connectivity index (χ1) is 8.56. The van der Waals surface area contributed by atoms with Crippen LogP contribution in [-0.2, 0) is 9.53 Å². The van der Waals surface area contributed by atoms with Crippen molar-refractivity contribution in [3.63, 3.8) is 0 Å². The van der Waals surface area contributed by atoms with E-state index in [-0.39, 0.29) is 11.5 Å². The highest BCUT2D eigenvalue weighted by Gasteiger charge is 2.59. The van der Waals surface area contributed by atoms with E-state index < -0.39 is 11.5 Å². The van der Waals surface area contributed by atoms with Crippen LogP contribution in [0, 0.1) is 5.41 Å². The van der Waals surface area contributed by atoms with Crippen molar-refractivity contribution in [2.45, 2.75) is 64.0 Å². The summed E-state index contributed by atoms with van der Waals surface area (Å²) in [5.41, 5.74) is -0.827. The summed E-state index contributed by atoms with van der Waals surface area (Å²) in [4.78, 5) is 11.9. The van der Waals surface area contributed by atoms with Gasteiger partial charge in [-0.2, -0.15) is 0 Å². The molecule has 4 heteroatoms. The zero-order chi connectivity index (χ0) is 13.2. The van der Waals surface area contributed by atoms with Crippen molar-refractivity contribution in [2.75, 3.05) is 13.2 Å². The largest absolute Gasteiger partial charge is 0.480 e. The van der Waals surface area contributed by atoms with Gasteiger partial charge < -0.3 is 9.84 Å². The van der Waals surface area contributed by atoms with Gasteiger partial charge in [-0.1, -0.05) is 13.3 Å². The van der Waals surface area contributed by atoms with E-state index in [0.717, 1.165) is 38.5 Å². The van der Waals surface area contributed by atoms with Gasteiger partial charge in [0.25, 0.3) is 0 Å². The van der Waals surface area contributed by atoms with E-state index in [1.54, 1.807) is 0 Å². The third-order valence-electron chi connectivity index (χ3n) is 5.03. The number of hydrogen-bond acceptors (Lipinski definition) is 3. The highest BCUT2D eigenvalue weighted by Crippen LogP contribution is 2.53. The van der Waals surface area contributed by atoms with E-state index >= 15 is 0 Å². The Bertz CT molecular complexity index is 312. The summed E-state index contributed by atoms with van der Waals surface area (Å²) < 4.78 is 5.44. The van der Waals surface area contributed by atoms with Crippen LogP contribution in [0.4, 0.5) is 0 Å². The van der Waals surface area contributed by atoms with Gasteiger partial charge in [0.05, 0.1) is 0 Å². The van der Waals surface area contributed by atoms with Gasteiger partial charge in [-0.05, 0) is 39.0 Å². The fourth-order valence-electron chi connectivity index (χ4n) is 3.75. The van der Waals surface area contributed by atoms with Crippen molar-refractivity contribution < 1.29 is 14.6 Å². The molecule has 1 saturated heterocycles. The summed E-state index contributed by atoms with van der Waals surface area (Å²) in [5, 5.41) is 13.3. The molecule has 4 nitrogen and oxygen atoms in total. The molecule has 2 atom stereocenters. The Morgan fingerprint density at radius 1 is 1.33 bits per heavy atom. The van der Waals surface area contributed by atoms with Crippen LogP contribution in [0.1, 0.15) is 52.4 Å². The molecule has 0 aromatic carbocycles. The molecule has 2 unspecified atom stereocenters. The van der Waals surface area contributed by atoms with Gasteiger partial charge in [-0.3, -0.25) is 10.1 Å². The third-order valence-corrected chi connectivity index (χ3v) is 5.03.